The van der Waals surface area contributed by atoms with Crippen LogP contribution in [0.25, 0.3) is 0 Å². The number of rotatable bonds is 5. The highest BCUT2D eigenvalue weighted by Gasteiger charge is 2.14. The standard InChI is InChI=1S/C12H17BrN4O2/c13-10-1-2-11(12(9-10)17(18)19)15-5-8-16-6-3-14-4-7-16/h1-2,9,14-15H,3-8H2. The van der Waals surface area contributed by atoms with Gasteiger partial charge >= 0.3 is 0 Å². The van der Waals surface area contributed by atoms with E-state index >= 15 is 0 Å². The maximum atomic E-state index is 11.0. The van der Waals surface area contributed by atoms with Crippen LogP contribution in [0.1, 0.15) is 0 Å². The molecule has 1 aromatic carbocycles. The molecular weight excluding hydrogens is 312 g/mol. The summed E-state index contributed by atoms with van der Waals surface area (Å²) in [4.78, 5) is 12.9. The number of nitrogens with one attached hydrogen (secondary N) is 2. The van der Waals surface area contributed by atoms with Crippen LogP contribution in [0.15, 0.2) is 22.7 Å². The van der Waals surface area contributed by atoms with Crippen LogP contribution in [-0.4, -0.2) is 49.1 Å². The van der Waals surface area contributed by atoms with E-state index in [1.807, 2.05) is 0 Å². The van der Waals surface area contributed by atoms with E-state index in [4.69, 9.17) is 0 Å². The molecule has 0 amide bonds. The fourth-order valence-electron chi connectivity index (χ4n) is 2.09. The van der Waals surface area contributed by atoms with Crippen molar-refractivity contribution in [3.63, 3.8) is 0 Å². The molecule has 104 valence electrons. The highest BCUT2D eigenvalue weighted by Crippen LogP contribution is 2.27. The summed E-state index contributed by atoms with van der Waals surface area (Å²) in [6.45, 7) is 5.70. The van der Waals surface area contributed by atoms with E-state index in [2.05, 4.69) is 31.5 Å². The average molecular weight is 329 g/mol. The number of hydrogen-bond donors (Lipinski definition) is 2. The van der Waals surface area contributed by atoms with Crippen LogP contribution in [0, 0.1) is 10.1 Å². The minimum Gasteiger partial charge on any atom is -0.378 e. The molecule has 1 saturated heterocycles. The largest absolute Gasteiger partial charge is 0.378 e. The van der Waals surface area contributed by atoms with Gasteiger partial charge in [0.2, 0.25) is 0 Å². The number of benzene rings is 1. The topological polar surface area (TPSA) is 70.4 Å². The number of hydrogen-bond acceptors (Lipinski definition) is 5. The quantitative estimate of drug-likeness (QED) is 0.635. The first kappa shape index (κ1) is 14.2. The summed E-state index contributed by atoms with van der Waals surface area (Å²) in [7, 11) is 0. The number of anilines is 1. The van der Waals surface area contributed by atoms with Gasteiger partial charge in [-0.1, -0.05) is 15.9 Å². The molecule has 0 aromatic heterocycles. The molecule has 2 rings (SSSR count). The van der Waals surface area contributed by atoms with Crippen LogP contribution in [0.2, 0.25) is 0 Å². The van der Waals surface area contributed by atoms with E-state index in [9.17, 15) is 10.1 Å². The number of nitro groups is 1. The predicted octanol–water partition coefficient (Wildman–Crippen LogP) is 1.67. The molecule has 0 atom stereocenters. The second kappa shape index (κ2) is 6.83. The van der Waals surface area contributed by atoms with Gasteiger partial charge in [0.15, 0.2) is 0 Å². The second-order valence-corrected chi connectivity index (χ2v) is 5.35. The molecule has 1 fully saturated rings. The van der Waals surface area contributed by atoms with Crippen molar-refractivity contribution < 1.29 is 4.92 Å². The molecule has 1 heterocycles. The van der Waals surface area contributed by atoms with Gasteiger partial charge in [-0.2, -0.15) is 0 Å². The van der Waals surface area contributed by atoms with Gasteiger partial charge in [0.1, 0.15) is 5.69 Å². The summed E-state index contributed by atoms with van der Waals surface area (Å²) >= 11 is 3.25. The Balaban J connectivity index is 1.89. The van der Waals surface area contributed by atoms with E-state index in [1.165, 1.54) is 6.07 Å². The highest BCUT2D eigenvalue weighted by molar-refractivity contribution is 9.10. The molecule has 1 aliphatic heterocycles. The van der Waals surface area contributed by atoms with Gasteiger partial charge in [0.05, 0.1) is 4.92 Å². The minimum atomic E-state index is -0.363. The van der Waals surface area contributed by atoms with Crippen LogP contribution in [0.5, 0.6) is 0 Å². The van der Waals surface area contributed by atoms with Crippen molar-refractivity contribution in [2.75, 3.05) is 44.6 Å². The van der Waals surface area contributed by atoms with Gasteiger partial charge in [-0.05, 0) is 12.1 Å². The molecule has 0 saturated carbocycles. The molecule has 19 heavy (non-hydrogen) atoms. The molecule has 0 unspecified atom stereocenters. The van der Waals surface area contributed by atoms with E-state index in [-0.39, 0.29) is 10.6 Å². The average Bonchev–Trinajstić information content (AvgIpc) is 2.41. The van der Waals surface area contributed by atoms with Gasteiger partial charge in [0.25, 0.3) is 5.69 Å². The molecule has 1 aromatic rings. The van der Waals surface area contributed by atoms with E-state index in [0.717, 1.165) is 32.7 Å². The smallest absolute Gasteiger partial charge is 0.293 e. The Hall–Kier alpha value is -1.18. The lowest BCUT2D eigenvalue weighted by atomic mass is 10.2. The van der Waals surface area contributed by atoms with Crippen molar-refractivity contribution in [1.82, 2.24) is 10.2 Å². The Morgan fingerprint density at radius 2 is 2.16 bits per heavy atom. The molecule has 0 spiro atoms. The summed E-state index contributed by atoms with van der Waals surface area (Å²) in [6.07, 6.45) is 0. The van der Waals surface area contributed by atoms with Gasteiger partial charge in [-0.15, -0.1) is 0 Å². The summed E-state index contributed by atoms with van der Waals surface area (Å²) in [6, 6.07) is 5.06. The van der Waals surface area contributed by atoms with E-state index in [1.54, 1.807) is 12.1 Å². The Bertz CT molecular complexity index is 449. The molecule has 6 nitrogen and oxygen atoms in total. The van der Waals surface area contributed by atoms with Gasteiger partial charge in [-0.3, -0.25) is 15.0 Å². The maximum absolute atomic E-state index is 11.0. The van der Waals surface area contributed by atoms with Crippen LogP contribution >= 0.6 is 15.9 Å². The third kappa shape index (κ3) is 4.15. The van der Waals surface area contributed by atoms with Gasteiger partial charge in [-0.25, -0.2) is 0 Å². The zero-order valence-electron chi connectivity index (χ0n) is 10.6. The normalized spacial score (nSPS) is 16.3. The summed E-state index contributed by atoms with van der Waals surface area (Å²) in [5.41, 5.74) is 0.679. The molecule has 2 N–H and O–H groups in total. The van der Waals surface area contributed by atoms with E-state index < -0.39 is 0 Å². The second-order valence-electron chi connectivity index (χ2n) is 4.44. The molecule has 1 aliphatic rings. The summed E-state index contributed by atoms with van der Waals surface area (Å²) in [5, 5.41) is 17.4. The minimum absolute atomic E-state index is 0.106. The Morgan fingerprint density at radius 1 is 1.42 bits per heavy atom. The number of nitro benzene ring substituents is 1. The Kier molecular flexibility index (Phi) is 5.12. The molecule has 7 heteroatoms. The van der Waals surface area contributed by atoms with Gasteiger partial charge < -0.3 is 10.6 Å². The Morgan fingerprint density at radius 3 is 2.84 bits per heavy atom. The monoisotopic (exact) mass is 328 g/mol. The lowest BCUT2D eigenvalue weighted by molar-refractivity contribution is -0.384. The zero-order valence-corrected chi connectivity index (χ0v) is 12.1. The van der Waals surface area contributed by atoms with Gasteiger partial charge in [0, 0.05) is 49.8 Å². The first-order chi connectivity index (χ1) is 9.16. The van der Waals surface area contributed by atoms with Crippen molar-refractivity contribution in [3.8, 4) is 0 Å². The SMILES string of the molecule is O=[N+]([O-])c1cc(Br)ccc1NCCN1CCNCC1. The number of piperazine rings is 1. The molecule has 0 bridgehead atoms. The van der Waals surface area contributed by atoms with E-state index in [0.29, 0.717) is 16.7 Å². The zero-order chi connectivity index (χ0) is 13.7. The Labute approximate surface area is 120 Å². The third-order valence-electron chi connectivity index (χ3n) is 3.11. The summed E-state index contributed by atoms with van der Waals surface area (Å²) < 4.78 is 0.715. The molecular formula is C12H17BrN4O2. The maximum Gasteiger partial charge on any atom is 0.293 e. The van der Waals surface area contributed by atoms with Crippen molar-refractivity contribution >= 4 is 27.3 Å². The predicted molar refractivity (Wildman–Crippen MR) is 78.6 cm³/mol. The lowest BCUT2D eigenvalue weighted by Gasteiger charge is -2.27. The fourth-order valence-corrected chi connectivity index (χ4v) is 2.44. The van der Waals surface area contributed by atoms with Crippen LogP contribution in [0.3, 0.4) is 0 Å². The fraction of sp³-hybridized carbons (Fsp3) is 0.500. The van der Waals surface area contributed by atoms with Crippen LogP contribution in [0.4, 0.5) is 11.4 Å². The third-order valence-corrected chi connectivity index (χ3v) is 3.60. The van der Waals surface area contributed by atoms with Crippen molar-refractivity contribution in [2.45, 2.75) is 0 Å². The highest BCUT2D eigenvalue weighted by atomic mass is 79.9. The number of nitrogens with zero attached hydrogens (tertiary/aromatic N) is 2. The first-order valence-electron chi connectivity index (χ1n) is 6.28. The van der Waals surface area contributed by atoms with Crippen molar-refractivity contribution in [2.24, 2.45) is 0 Å². The summed E-state index contributed by atoms with van der Waals surface area (Å²) in [5.74, 6) is 0. The number of halogens is 1. The van der Waals surface area contributed by atoms with Crippen LogP contribution < -0.4 is 10.6 Å². The lowest BCUT2D eigenvalue weighted by Crippen LogP contribution is -2.45. The van der Waals surface area contributed by atoms with Crippen molar-refractivity contribution in [1.29, 1.82) is 0 Å². The molecule has 0 aliphatic carbocycles. The molecule has 0 radical (unpaired) electrons. The van der Waals surface area contributed by atoms with Crippen molar-refractivity contribution in [3.05, 3.63) is 32.8 Å². The first-order valence-corrected chi connectivity index (χ1v) is 7.07. The van der Waals surface area contributed by atoms with Crippen LogP contribution in [-0.2, 0) is 0 Å².